The number of ether oxygens (including phenoxy) is 2. The number of fused-ring (bicyclic) bond motifs is 1. The molecule has 18 heavy (non-hydrogen) atoms. The maximum Gasteiger partial charge on any atom is 0.240 e. The Balaban J connectivity index is 2.06. The minimum Gasteiger partial charge on any atom is -0.486 e. The molecule has 0 saturated heterocycles. The van der Waals surface area contributed by atoms with E-state index in [0.29, 0.717) is 47.0 Å². The molecule has 0 saturated carbocycles. The van der Waals surface area contributed by atoms with Crippen LogP contribution in [0.1, 0.15) is 5.89 Å². The number of aromatic nitrogens is 2. The highest BCUT2D eigenvalue weighted by molar-refractivity contribution is 6.33. The van der Waals surface area contributed by atoms with Crippen molar-refractivity contribution in [2.24, 2.45) is 5.73 Å². The van der Waals surface area contributed by atoms with Crippen LogP contribution >= 0.6 is 11.6 Å². The van der Waals surface area contributed by atoms with Crippen LogP contribution in [0.5, 0.6) is 11.5 Å². The van der Waals surface area contributed by atoms with Gasteiger partial charge in [-0.2, -0.15) is 4.98 Å². The molecule has 3 rings (SSSR count). The van der Waals surface area contributed by atoms with Crippen molar-refractivity contribution in [2.45, 2.75) is 6.54 Å². The van der Waals surface area contributed by atoms with Gasteiger partial charge in [0.15, 0.2) is 11.5 Å². The van der Waals surface area contributed by atoms with Crippen molar-refractivity contribution in [3.05, 3.63) is 23.0 Å². The SMILES string of the molecule is NCc1nc(-c2cc3c(cc2Cl)OCCO3)no1. The van der Waals surface area contributed by atoms with Crippen LogP contribution in [0.25, 0.3) is 11.4 Å². The Hall–Kier alpha value is -1.79. The second-order valence-corrected chi connectivity index (χ2v) is 4.10. The minimum absolute atomic E-state index is 0.190. The van der Waals surface area contributed by atoms with Crippen LogP contribution < -0.4 is 15.2 Å². The summed E-state index contributed by atoms with van der Waals surface area (Å²) in [6.45, 7) is 1.21. The van der Waals surface area contributed by atoms with Gasteiger partial charge in [-0.05, 0) is 6.07 Å². The molecular formula is C11H10ClN3O3. The van der Waals surface area contributed by atoms with Gasteiger partial charge in [-0.3, -0.25) is 0 Å². The smallest absolute Gasteiger partial charge is 0.240 e. The summed E-state index contributed by atoms with van der Waals surface area (Å²) in [4.78, 5) is 4.13. The third-order valence-corrected chi connectivity index (χ3v) is 2.83. The van der Waals surface area contributed by atoms with Gasteiger partial charge < -0.3 is 19.7 Å². The molecule has 2 heterocycles. The first-order chi connectivity index (χ1) is 8.78. The first-order valence-corrected chi connectivity index (χ1v) is 5.78. The summed E-state index contributed by atoms with van der Waals surface area (Å²) >= 11 is 6.16. The zero-order valence-corrected chi connectivity index (χ0v) is 10.1. The molecular weight excluding hydrogens is 258 g/mol. The molecule has 2 N–H and O–H groups in total. The summed E-state index contributed by atoms with van der Waals surface area (Å²) in [5.41, 5.74) is 6.05. The van der Waals surface area contributed by atoms with E-state index in [9.17, 15) is 0 Å². The lowest BCUT2D eigenvalue weighted by Gasteiger charge is -2.19. The number of hydrogen-bond donors (Lipinski definition) is 1. The van der Waals surface area contributed by atoms with Crippen LogP contribution in [0.15, 0.2) is 16.7 Å². The summed E-state index contributed by atoms with van der Waals surface area (Å²) < 4.78 is 15.9. The van der Waals surface area contributed by atoms with Gasteiger partial charge in [0, 0.05) is 11.6 Å². The first kappa shape index (κ1) is 11.3. The van der Waals surface area contributed by atoms with Crippen LogP contribution in [0.4, 0.5) is 0 Å². The highest BCUT2D eigenvalue weighted by Gasteiger charge is 2.18. The average molecular weight is 268 g/mol. The second kappa shape index (κ2) is 4.47. The Morgan fingerprint density at radius 2 is 1.94 bits per heavy atom. The summed E-state index contributed by atoms with van der Waals surface area (Å²) in [6.07, 6.45) is 0. The van der Waals surface area contributed by atoms with E-state index in [1.165, 1.54) is 0 Å². The summed E-state index contributed by atoms with van der Waals surface area (Å²) in [5, 5.41) is 4.30. The van der Waals surface area contributed by atoms with Crippen LogP contribution in [-0.2, 0) is 6.54 Å². The van der Waals surface area contributed by atoms with E-state index in [0.717, 1.165) is 0 Å². The molecule has 0 bridgehead atoms. The van der Waals surface area contributed by atoms with Crippen molar-refractivity contribution >= 4 is 11.6 Å². The minimum atomic E-state index is 0.190. The van der Waals surface area contributed by atoms with E-state index in [2.05, 4.69) is 10.1 Å². The molecule has 0 fully saturated rings. The lowest BCUT2D eigenvalue weighted by Crippen LogP contribution is -2.15. The molecule has 0 atom stereocenters. The Morgan fingerprint density at radius 1 is 1.22 bits per heavy atom. The third kappa shape index (κ3) is 1.89. The van der Waals surface area contributed by atoms with Gasteiger partial charge >= 0.3 is 0 Å². The summed E-state index contributed by atoms with van der Waals surface area (Å²) in [7, 11) is 0. The molecule has 7 heteroatoms. The molecule has 0 radical (unpaired) electrons. The van der Waals surface area contributed by atoms with Crippen molar-refractivity contribution in [1.29, 1.82) is 0 Å². The van der Waals surface area contributed by atoms with Gasteiger partial charge in [-0.1, -0.05) is 16.8 Å². The highest BCUT2D eigenvalue weighted by Crippen LogP contribution is 2.38. The fourth-order valence-electron chi connectivity index (χ4n) is 1.68. The Labute approximate surface area is 108 Å². The topological polar surface area (TPSA) is 83.4 Å². The largest absolute Gasteiger partial charge is 0.486 e. The van der Waals surface area contributed by atoms with Crippen molar-refractivity contribution in [1.82, 2.24) is 10.1 Å². The molecule has 0 aliphatic carbocycles. The van der Waals surface area contributed by atoms with Gasteiger partial charge in [-0.25, -0.2) is 0 Å². The van der Waals surface area contributed by atoms with E-state index < -0.39 is 0 Å². The quantitative estimate of drug-likeness (QED) is 0.890. The lowest BCUT2D eigenvalue weighted by molar-refractivity contribution is 0.171. The van der Waals surface area contributed by atoms with E-state index in [4.69, 9.17) is 31.3 Å². The molecule has 0 spiro atoms. The Bertz CT molecular complexity index is 585. The fourth-order valence-corrected chi connectivity index (χ4v) is 1.92. The van der Waals surface area contributed by atoms with Crippen molar-refractivity contribution in [3.63, 3.8) is 0 Å². The standard InChI is InChI=1S/C11H10ClN3O3/c12-7-4-9-8(16-1-2-17-9)3-6(7)11-14-10(5-13)18-15-11/h3-4H,1-2,5,13H2. The fraction of sp³-hybridized carbons (Fsp3) is 0.273. The molecule has 2 aromatic rings. The van der Waals surface area contributed by atoms with E-state index in [1.54, 1.807) is 12.1 Å². The number of halogens is 1. The predicted molar refractivity (Wildman–Crippen MR) is 63.6 cm³/mol. The third-order valence-electron chi connectivity index (χ3n) is 2.52. The van der Waals surface area contributed by atoms with E-state index in [-0.39, 0.29) is 6.54 Å². The zero-order chi connectivity index (χ0) is 12.5. The van der Waals surface area contributed by atoms with Gasteiger partial charge in [0.05, 0.1) is 11.6 Å². The zero-order valence-electron chi connectivity index (χ0n) is 9.35. The lowest BCUT2D eigenvalue weighted by atomic mass is 10.2. The normalized spacial score (nSPS) is 13.7. The second-order valence-electron chi connectivity index (χ2n) is 3.69. The maximum absolute atomic E-state index is 6.16. The maximum atomic E-state index is 6.16. The molecule has 1 aliphatic heterocycles. The predicted octanol–water partition coefficient (Wildman–Crippen LogP) is 1.62. The van der Waals surface area contributed by atoms with Gasteiger partial charge in [0.25, 0.3) is 0 Å². The molecule has 6 nitrogen and oxygen atoms in total. The van der Waals surface area contributed by atoms with Gasteiger partial charge in [0.1, 0.15) is 13.2 Å². The number of nitrogens with two attached hydrogens (primary N) is 1. The molecule has 0 amide bonds. The van der Waals surface area contributed by atoms with Crippen LogP contribution in [0, 0.1) is 0 Å². The number of benzene rings is 1. The van der Waals surface area contributed by atoms with Crippen molar-refractivity contribution in [3.8, 4) is 22.9 Å². The Morgan fingerprint density at radius 3 is 2.61 bits per heavy atom. The van der Waals surface area contributed by atoms with Crippen molar-refractivity contribution < 1.29 is 14.0 Å². The van der Waals surface area contributed by atoms with E-state index >= 15 is 0 Å². The number of rotatable bonds is 2. The molecule has 0 unspecified atom stereocenters. The van der Waals surface area contributed by atoms with E-state index in [1.807, 2.05) is 0 Å². The monoisotopic (exact) mass is 267 g/mol. The average Bonchev–Trinajstić information content (AvgIpc) is 2.86. The van der Waals surface area contributed by atoms with Gasteiger partial charge in [-0.15, -0.1) is 0 Å². The molecule has 1 aromatic carbocycles. The number of hydrogen-bond acceptors (Lipinski definition) is 6. The van der Waals surface area contributed by atoms with Crippen LogP contribution in [0.2, 0.25) is 5.02 Å². The molecule has 94 valence electrons. The van der Waals surface area contributed by atoms with Crippen LogP contribution in [0.3, 0.4) is 0 Å². The van der Waals surface area contributed by atoms with Crippen molar-refractivity contribution in [2.75, 3.05) is 13.2 Å². The molecule has 1 aliphatic rings. The first-order valence-electron chi connectivity index (χ1n) is 5.40. The van der Waals surface area contributed by atoms with Crippen LogP contribution in [-0.4, -0.2) is 23.4 Å². The highest BCUT2D eigenvalue weighted by atomic mass is 35.5. The molecule has 1 aromatic heterocycles. The summed E-state index contributed by atoms with van der Waals surface area (Å²) in [5.74, 6) is 1.99. The van der Waals surface area contributed by atoms with Gasteiger partial charge in [0.2, 0.25) is 11.7 Å². The summed E-state index contributed by atoms with van der Waals surface area (Å²) in [6, 6.07) is 3.42. The Kier molecular flexibility index (Phi) is 2.81. The number of nitrogens with zero attached hydrogens (tertiary/aromatic N) is 2.